The van der Waals surface area contributed by atoms with E-state index < -0.39 is 0 Å². The highest BCUT2D eigenvalue weighted by Crippen LogP contribution is 2.18. The van der Waals surface area contributed by atoms with Crippen LogP contribution in [0.2, 0.25) is 0 Å². The molecule has 0 saturated carbocycles. The second kappa shape index (κ2) is 7.54. The zero-order chi connectivity index (χ0) is 15.2. The number of likely N-dealkylation sites (tertiary alicyclic amines) is 1. The molecule has 1 aromatic rings. The molecule has 0 aromatic heterocycles. The van der Waals surface area contributed by atoms with Crippen molar-refractivity contribution in [2.45, 2.75) is 38.5 Å². The topological polar surface area (TPSA) is 78.6 Å². The number of carbonyl (C=O) groups excluding carboxylic acids is 1. The van der Waals surface area contributed by atoms with Crippen molar-refractivity contribution < 1.29 is 9.90 Å². The van der Waals surface area contributed by atoms with Gasteiger partial charge in [0, 0.05) is 25.2 Å². The fourth-order valence-corrected chi connectivity index (χ4v) is 2.89. The maximum absolute atomic E-state index is 10.9. The molecule has 5 heteroatoms. The number of aliphatic hydroxyl groups excluding tert-OH is 1. The van der Waals surface area contributed by atoms with Gasteiger partial charge in [0.05, 0.1) is 13.2 Å². The van der Waals surface area contributed by atoms with E-state index >= 15 is 0 Å². The first kappa shape index (κ1) is 15.9. The van der Waals surface area contributed by atoms with Crippen LogP contribution in [-0.4, -0.2) is 41.6 Å². The Balaban J connectivity index is 1.83. The lowest BCUT2D eigenvalue weighted by molar-refractivity contribution is -0.119. The third-order valence-corrected chi connectivity index (χ3v) is 4.09. The summed E-state index contributed by atoms with van der Waals surface area (Å²) in [5, 5.41) is 12.8. The molecule has 2 rings (SSSR count). The van der Waals surface area contributed by atoms with Gasteiger partial charge in [0.2, 0.25) is 5.91 Å². The minimum atomic E-state index is -0.254. The van der Waals surface area contributed by atoms with Crippen molar-refractivity contribution in [2.24, 2.45) is 5.73 Å². The molecule has 1 aliphatic heterocycles. The second-order valence-electron chi connectivity index (χ2n) is 5.81. The van der Waals surface area contributed by atoms with Gasteiger partial charge in [0.25, 0.3) is 0 Å². The maximum Gasteiger partial charge on any atom is 0.231 e. The average Bonchev–Trinajstić information content (AvgIpc) is 2.49. The van der Waals surface area contributed by atoms with Crippen LogP contribution < -0.4 is 11.1 Å². The van der Waals surface area contributed by atoms with Crippen molar-refractivity contribution in [1.29, 1.82) is 0 Å². The number of piperidine rings is 1. The third kappa shape index (κ3) is 4.81. The van der Waals surface area contributed by atoms with E-state index in [1.54, 1.807) is 0 Å². The Labute approximate surface area is 126 Å². The minimum absolute atomic E-state index is 0.0755. The van der Waals surface area contributed by atoms with Crippen LogP contribution >= 0.6 is 0 Å². The Hall–Kier alpha value is -1.43. The number of nitrogens with zero attached hydrogens (tertiary/aromatic N) is 1. The van der Waals surface area contributed by atoms with Gasteiger partial charge < -0.3 is 16.2 Å². The Bertz CT molecular complexity index is 470. The van der Waals surface area contributed by atoms with E-state index in [2.05, 4.69) is 23.2 Å². The van der Waals surface area contributed by atoms with Gasteiger partial charge in [0.15, 0.2) is 0 Å². The van der Waals surface area contributed by atoms with Gasteiger partial charge in [-0.05, 0) is 30.9 Å². The van der Waals surface area contributed by atoms with E-state index in [0.29, 0.717) is 12.6 Å². The molecule has 4 N–H and O–H groups in total. The van der Waals surface area contributed by atoms with Crippen molar-refractivity contribution >= 4 is 5.91 Å². The first-order valence-electron chi connectivity index (χ1n) is 7.55. The van der Waals surface area contributed by atoms with Gasteiger partial charge in [0.1, 0.15) is 0 Å². The van der Waals surface area contributed by atoms with E-state index in [4.69, 9.17) is 5.73 Å². The zero-order valence-corrected chi connectivity index (χ0v) is 12.6. The molecule has 1 atom stereocenters. The van der Waals surface area contributed by atoms with Crippen LogP contribution in [0, 0.1) is 0 Å². The van der Waals surface area contributed by atoms with Crippen molar-refractivity contribution in [3.63, 3.8) is 0 Å². The largest absolute Gasteiger partial charge is 0.392 e. The lowest BCUT2D eigenvalue weighted by Crippen LogP contribution is -2.45. The summed E-state index contributed by atoms with van der Waals surface area (Å²) in [5.41, 5.74) is 7.36. The average molecular weight is 291 g/mol. The van der Waals surface area contributed by atoms with E-state index in [-0.39, 0.29) is 18.6 Å². The number of carbonyl (C=O) groups is 1. The summed E-state index contributed by atoms with van der Waals surface area (Å²) in [7, 11) is 0. The molecular formula is C16H25N3O2. The molecule has 0 bridgehead atoms. The Morgan fingerprint density at radius 1 is 1.48 bits per heavy atom. The van der Waals surface area contributed by atoms with Crippen LogP contribution in [0.3, 0.4) is 0 Å². The van der Waals surface area contributed by atoms with Gasteiger partial charge in [-0.2, -0.15) is 0 Å². The summed E-state index contributed by atoms with van der Waals surface area (Å²) in [6, 6.07) is 8.75. The third-order valence-electron chi connectivity index (χ3n) is 4.09. The van der Waals surface area contributed by atoms with Gasteiger partial charge in [-0.25, -0.2) is 0 Å². The number of nitrogens with one attached hydrogen (secondary N) is 1. The number of hydrogen-bond acceptors (Lipinski definition) is 4. The van der Waals surface area contributed by atoms with E-state index in [9.17, 15) is 9.90 Å². The van der Waals surface area contributed by atoms with Crippen LogP contribution in [0.1, 0.15) is 36.9 Å². The molecule has 1 aromatic carbocycles. The van der Waals surface area contributed by atoms with Crippen LogP contribution in [0.4, 0.5) is 0 Å². The van der Waals surface area contributed by atoms with E-state index in [1.165, 1.54) is 5.56 Å². The maximum atomic E-state index is 10.9. The van der Waals surface area contributed by atoms with Crippen molar-refractivity contribution in [2.75, 3.05) is 19.6 Å². The first-order chi connectivity index (χ1) is 10.1. The van der Waals surface area contributed by atoms with Crippen LogP contribution in [-0.2, 0) is 11.4 Å². The fraction of sp³-hybridized carbons (Fsp3) is 0.562. The number of nitrogens with two attached hydrogens (primary N) is 1. The monoisotopic (exact) mass is 291 g/mol. The van der Waals surface area contributed by atoms with Gasteiger partial charge >= 0.3 is 0 Å². The van der Waals surface area contributed by atoms with E-state index in [1.807, 2.05) is 18.2 Å². The Morgan fingerprint density at radius 3 is 2.81 bits per heavy atom. The number of amides is 1. The quantitative estimate of drug-likeness (QED) is 0.724. The SMILES string of the molecule is CC(NC1CCN(CC(N)=O)CC1)c1cccc(CO)c1. The molecule has 0 radical (unpaired) electrons. The molecule has 1 heterocycles. The van der Waals surface area contributed by atoms with Gasteiger partial charge in [-0.15, -0.1) is 0 Å². The molecule has 21 heavy (non-hydrogen) atoms. The zero-order valence-electron chi connectivity index (χ0n) is 12.6. The van der Waals surface area contributed by atoms with Crippen molar-refractivity contribution in [3.8, 4) is 0 Å². The summed E-state index contributed by atoms with van der Waals surface area (Å²) in [5.74, 6) is -0.254. The number of benzene rings is 1. The van der Waals surface area contributed by atoms with Crippen LogP contribution in [0.15, 0.2) is 24.3 Å². The van der Waals surface area contributed by atoms with Gasteiger partial charge in [-0.3, -0.25) is 9.69 Å². The van der Waals surface area contributed by atoms with Crippen LogP contribution in [0.5, 0.6) is 0 Å². The lowest BCUT2D eigenvalue weighted by Gasteiger charge is -2.33. The predicted octanol–water partition coefficient (Wildman–Crippen LogP) is 0.779. The smallest absolute Gasteiger partial charge is 0.231 e. The van der Waals surface area contributed by atoms with E-state index in [0.717, 1.165) is 31.5 Å². The fourth-order valence-electron chi connectivity index (χ4n) is 2.89. The summed E-state index contributed by atoms with van der Waals surface area (Å²) in [6.45, 7) is 4.40. The van der Waals surface area contributed by atoms with Crippen LogP contribution in [0.25, 0.3) is 0 Å². The molecule has 1 aliphatic rings. The highest BCUT2D eigenvalue weighted by Gasteiger charge is 2.21. The molecule has 1 amide bonds. The normalized spacial score (nSPS) is 18.6. The number of rotatable bonds is 6. The molecule has 1 unspecified atom stereocenters. The number of aliphatic hydroxyl groups is 1. The predicted molar refractivity (Wildman–Crippen MR) is 82.6 cm³/mol. The lowest BCUT2D eigenvalue weighted by atomic mass is 10.0. The van der Waals surface area contributed by atoms with Crippen molar-refractivity contribution in [3.05, 3.63) is 35.4 Å². The van der Waals surface area contributed by atoms with Gasteiger partial charge in [-0.1, -0.05) is 24.3 Å². The first-order valence-corrected chi connectivity index (χ1v) is 7.55. The molecule has 0 aliphatic carbocycles. The number of hydrogen-bond donors (Lipinski definition) is 3. The number of primary amides is 1. The Morgan fingerprint density at radius 2 is 2.19 bits per heavy atom. The molecule has 1 saturated heterocycles. The molecule has 1 fully saturated rings. The molecule has 5 nitrogen and oxygen atoms in total. The standard InChI is InChI=1S/C16H25N3O2/c1-12(14-4-2-3-13(9-14)11-20)18-15-5-7-19(8-6-15)10-16(17)21/h2-4,9,12,15,18,20H,5-8,10-11H2,1H3,(H2,17,21). The highest BCUT2D eigenvalue weighted by molar-refractivity contribution is 5.75. The summed E-state index contributed by atoms with van der Waals surface area (Å²) < 4.78 is 0. The Kier molecular flexibility index (Phi) is 5.73. The molecule has 116 valence electrons. The minimum Gasteiger partial charge on any atom is -0.392 e. The van der Waals surface area contributed by atoms with Crippen molar-refractivity contribution in [1.82, 2.24) is 10.2 Å². The summed E-state index contributed by atoms with van der Waals surface area (Å²) in [4.78, 5) is 13.0. The summed E-state index contributed by atoms with van der Waals surface area (Å²) in [6.07, 6.45) is 2.05. The summed E-state index contributed by atoms with van der Waals surface area (Å²) >= 11 is 0. The molecular weight excluding hydrogens is 266 g/mol. The highest BCUT2D eigenvalue weighted by atomic mass is 16.3. The molecule has 0 spiro atoms. The second-order valence-corrected chi connectivity index (χ2v) is 5.81.